The summed E-state index contributed by atoms with van der Waals surface area (Å²) in [5, 5.41) is 13.7. The molecule has 5 heteroatoms. The largest absolute Gasteiger partial charge is 0.480 e. The highest BCUT2D eigenvalue weighted by atomic mass is 32.1. The summed E-state index contributed by atoms with van der Waals surface area (Å²) in [4.78, 5) is 23.4. The molecule has 0 aromatic carbocycles. The van der Waals surface area contributed by atoms with Crippen molar-refractivity contribution in [1.82, 2.24) is 5.32 Å². The Kier molecular flexibility index (Phi) is 4.74. The quantitative estimate of drug-likeness (QED) is 0.876. The highest BCUT2D eigenvalue weighted by molar-refractivity contribution is 7.11. The maximum atomic E-state index is 11.2. The van der Waals surface area contributed by atoms with Gasteiger partial charge in [-0.15, -0.1) is 11.3 Å². The predicted molar refractivity (Wildman–Crippen MR) is 79.4 cm³/mol. The second-order valence-electron chi connectivity index (χ2n) is 4.85. The van der Waals surface area contributed by atoms with E-state index in [1.165, 1.54) is 17.4 Å². The summed E-state index contributed by atoms with van der Waals surface area (Å²) < 4.78 is 0. The minimum absolute atomic E-state index is 0.130. The third-order valence-corrected chi connectivity index (χ3v) is 4.16. The molecule has 0 spiro atoms. The van der Waals surface area contributed by atoms with Crippen molar-refractivity contribution in [2.45, 2.75) is 25.8 Å². The Morgan fingerprint density at radius 2 is 2.35 bits per heavy atom. The Bertz CT molecular complexity index is 545. The average molecular weight is 291 g/mol. The van der Waals surface area contributed by atoms with E-state index in [0.29, 0.717) is 6.42 Å². The van der Waals surface area contributed by atoms with Crippen LogP contribution in [0.2, 0.25) is 0 Å². The minimum atomic E-state index is -0.985. The Morgan fingerprint density at radius 3 is 2.95 bits per heavy atom. The van der Waals surface area contributed by atoms with Crippen LogP contribution in [-0.2, 0) is 9.59 Å². The van der Waals surface area contributed by atoms with Gasteiger partial charge in [0.15, 0.2) is 0 Å². The van der Waals surface area contributed by atoms with Gasteiger partial charge in [-0.1, -0.05) is 24.3 Å². The summed E-state index contributed by atoms with van der Waals surface area (Å²) in [7, 11) is 0. The van der Waals surface area contributed by atoms with Gasteiger partial charge < -0.3 is 10.4 Å². The Morgan fingerprint density at radius 1 is 1.55 bits per heavy atom. The molecule has 1 aliphatic carbocycles. The zero-order chi connectivity index (χ0) is 14.5. The summed E-state index contributed by atoms with van der Waals surface area (Å²) >= 11 is 1.68. The molecule has 0 saturated carbocycles. The van der Waals surface area contributed by atoms with Crippen molar-refractivity contribution < 1.29 is 14.7 Å². The maximum absolute atomic E-state index is 11.2. The maximum Gasteiger partial charge on any atom is 0.326 e. The number of carbonyl (C=O) groups is 2. The highest BCUT2D eigenvalue weighted by Gasteiger charge is 2.24. The normalized spacial score (nSPS) is 19.2. The molecule has 1 unspecified atom stereocenters. The van der Waals surface area contributed by atoms with E-state index in [9.17, 15) is 9.59 Å². The van der Waals surface area contributed by atoms with Crippen molar-refractivity contribution >= 4 is 28.8 Å². The molecule has 1 amide bonds. The zero-order valence-corrected chi connectivity index (χ0v) is 12.0. The van der Waals surface area contributed by atoms with Crippen LogP contribution in [-0.4, -0.2) is 23.0 Å². The Hall–Kier alpha value is -1.88. The van der Waals surface area contributed by atoms with E-state index >= 15 is 0 Å². The molecule has 2 rings (SSSR count). The first-order chi connectivity index (χ1) is 9.56. The van der Waals surface area contributed by atoms with Crippen molar-refractivity contribution in [3.63, 3.8) is 0 Å². The monoisotopic (exact) mass is 291 g/mol. The summed E-state index contributed by atoms with van der Waals surface area (Å²) in [6.45, 7) is 1.34. The standard InChI is InChI=1S/C15H17NO3S/c1-10(17)16-13(15(18)19)9-11-4-2-5-12(8-11)14-6-3-7-20-14/h2-7,11,13H,8-9H2,1H3,(H,16,17)(H,18,19)/t11?,13-/m0/s1. The Labute approximate surface area is 121 Å². The van der Waals surface area contributed by atoms with Gasteiger partial charge in [0.1, 0.15) is 6.04 Å². The molecule has 1 aromatic heterocycles. The number of amides is 1. The van der Waals surface area contributed by atoms with Crippen LogP contribution in [0.4, 0.5) is 0 Å². The number of carboxylic acids is 1. The molecule has 20 heavy (non-hydrogen) atoms. The fourth-order valence-corrected chi connectivity index (χ4v) is 3.09. The predicted octanol–water partition coefficient (Wildman–Crippen LogP) is 2.69. The van der Waals surface area contributed by atoms with Crippen LogP contribution >= 0.6 is 11.3 Å². The van der Waals surface area contributed by atoms with E-state index in [2.05, 4.69) is 17.5 Å². The second kappa shape index (κ2) is 6.52. The Balaban J connectivity index is 2.01. The van der Waals surface area contributed by atoms with Crippen molar-refractivity contribution in [3.8, 4) is 0 Å². The molecule has 0 saturated heterocycles. The number of carbonyl (C=O) groups excluding carboxylic acids is 1. The SMILES string of the molecule is CC(=O)N[C@@H](CC1C=CC=C(c2cccs2)C1)C(=O)O. The van der Waals surface area contributed by atoms with Gasteiger partial charge in [-0.05, 0) is 35.8 Å². The zero-order valence-electron chi connectivity index (χ0n) is 11.2. The van der Waals surface area contributed by atoms with Crippen molar-refractivity contribution in [3.05, 3.63) is 40.6 Å². The van der Waals surface area contributed by atoms with Gasteiger partial charge in [-0.2, -0.15) is 0 Å². The highest BCUT2D eigenvalue weighted by Crippen LogP contribution is 2.31. The summed E-state index contributed by atoms with van der Waals surface area (Å²) in [6.07, 6.45) is 7.26. The van der Waals surface area contributed by atoms with E-state index in [4.69, 9.17) is 5.11 Å². The fraction of sp³-hybridized carbons (Fsp3) is 0.333. The average Bonchev–Trinajstić information content (AvgIpc) is 2.91. The van der Waals surface area contributed by atoms with Gasteiger partial charge in [0.2, 0.25) is 5.91 Å². The number of hydrogen-bond acceptors (Lipinski definition) is 3. The smallest absolute Gasteiger partial charge is 0.326 e. The van der Waals surface area contributed by atoms with E-state index in [-0.39, 0.29) is 11.8 Å². The van der Waals surface area contributed by atoms with Crippen LogP contribution in [0.15, 0.2) is 35.7 Å². The van der Waals surface area contributed by atoms with Crippen molar-refractivity contribution in [2.24, 2.45) is 5.92 Å². The third kappa shape index (κ3) is 3.81. The topological polar surface area (TPSA) is 66.4 Å². The second-order valence-corrected chi connectivity index (χ2v) is 5.79. The molecular weight excluding hydrogens is 274 g/mol. The van der Waals surface area contributed by atoms with Gasteiger partial charge in [-0.25, -0.2) is 4.79 Å². The van der Waals surface area contributed by atoms with Crippen LogP contribution in [0.3, 0.4) is 0 Å². The number of allylic oxidation sites excluding steroid dienone is 4. The first kappa shape index (κ1) is 14.5. The molecule has 0 bridgehead atoms. The van der Waals surface area contributed by atoms with Gasteiger partial charge in [0, 0.05) is 11.8 Å². The molecule has 1 aromatic rings. The number of nitrogens with one attached hydrogen (secondary N) is 1. The lowest BCUT2D eigenvalue weighted by Crippen LogP contribution is -2.40. The molecule has 1 heterocycles. The van der Waals surface area contributed by atoms with Gasteiger partial charge in [0.05, 0.1) is 0 Å². The summed E-state index contributed by atoms with van der Waals surface area (Å²) in [5.74, 6) is -1.17. The molecule has 4 nitrogen and oxygen atoms in total. The summed E-state index contributed by atoms with van der Waals surface area (Å²) in [5.41, 5.74) is 1.22. The van der Waals surface area contributed by atoms with Crippen LogP contribution < -0.4 is 5.32 Å². The molecule has 0 aliphatic heterocycles. The van der Waals surface area contributed by atoms with Gasteiger partial charge in [-0.3, -0.25) is 4.79 Å². The molecule has 0 radical (unpaired) electrons. The number of hydrogen-bond donors (Lipinski definition) is 2. The van der Waals surface area contributed by atoms with E-state index in [1.807, 2.05) is 23.6 Å². The lowest BCUT2D eigenvalue weighted by Gasteiger charge is -2.22. The number of carboxylic acid groups (broad SMARTS) is 1. The van der Waals surface area contributed by atoms with Gasteiger partial charge in [0.25, 0.3) is 0 Å². The lowest BCUT2D eigenvalue weighted by atomic mass is 9.88. The van der Waals surface area contributed by atoms with E-state index < -0.39 is 12.0 Å². The number of thiophene rings is 1. The molecule has 106 valence electrons. The molecule has 2 atom stereocenters. The van der Waals surface area contributed by atoms with E-state index in [0.717, 1.165) is 6.42 Å². The summed E-state index contributed by atoms with van der Waals surface area (Å²) in [6, 6.07) is 3.24. The molecule has 0 fully saturated rings. The van der Waals surface area contributed by atoms with Crippen molar-refractivity contribution in [1.29, 1.82) is 0 Å². The molecular formula is C15H17NO3S. The van der Waals surface area contributed by atoms with Crippen LogP contribution in [0.25, 0.3) is 5.57 Å². The van der Waals surface area contributed by atoms with Crippen LogP contribution in [0, 0.1) is 5.92 Å². The van der Waals surface area contributed by atoms with Crippen LogP contribution in [0.5, 0.6) is 0 Å². The number of aliphatic carboxylic acids is 1. The molecule has 2 N–H and O–H groups in total. The third-order valence-electron chi connectivity index (χ3n) is 3.21. The first-order valence-corrected chi connectivity index (χ1v) is 7.35. The fourth-order valence-electron chi connectivity index (χ4n) is 2.32. The van der Waals surface area contributed by atoms with Crippen LogP contribution in [0.1, 0.15) is 24.6 Å². The van der Waals surface area contributed by atoms with Gasteiger partial charge >= 0.3 is 5.97 Å². The number of rotatable bonds is 5. The lowest BCUT2D eigenvalue weighted by molar-refractivity contribution is -0.141. The first-order valence-electron chi connectivity index (χ1n) is 6.47. The minimum Gasteiger partial charge on any atom is -0.480 e. The van der Waals surface area contributed by atoms with E-state index in [1.54, 1.807) is 11.3 Å². The van der Waals surface area contributed by atoms with Crippen molar-refractivity contribution in [2.75, 3.05) is 0 Å². The molecule has 1 aliphatic rings.